The van der Waals surface area contributed by atoms with Gasteiger partial charge in [0.2, 0.25) is 5.54 Å². The summed E-state index contributed by atoms with van der Waals surface area (Å²) in [7, 11) is -6.85. The molecule has 0 aliphatic carbocycles. The number of aliphatic carboxylic acids is 1. The molecule has 2 atom stereocenters. The molecule has 0 spiro atoms. The van der Waals surface area contributed by atoms with E-state index < -0.39 is 72.2 Å². The largest absolute Gasteiger partial charge is 0.479 e. The van der Waals surface area contributed by atoms with Gasteiger partial charge in [0.15, 0.2) is 15.6 Å². The Morgan fingerprint density at radius 1 is 1.11 bits per heavy atom. The van der Waals surface area contributed by atoms with Gasteiger partial charge in [-0.15, -0.1) is 0 Å². The van der Waals surface area contributed by atoms with Crippen LogP contribution < -0.4 is 5.32 Å². The molecular weight excluding hydrogens is 545 g/mol. The van der Waals surface area contributed by atoms with Crippen LogP contribution in [0.25, 0.3) is 0 Å². The van der Waals surface area contributed by atoms with E-state index in [1.54, 1.807) is 6.07 Å². The van der Waals surface area contributed by atoms with E-state index in [4.69, 9.17) is 4.84 Å². The van der Waals surface area contributed by atoms with E-state index in [0.717, 1.165) is 23.1 Å². The van der Waals surface area contributed by atoms with Gasteiger partial charge in [-0.05, 0) is 17.7 Å². The van der Waals surface area contributed by atoms with Crippen LogP contribution in [0.4, 0.5) is 9.18 Å². The van der Waals surface area contributed by atoms with Crippen molar-refractivity contribution in [3.63, 3.8) is 0 Å². The van der Waals surface area contributed by atoms with Crippen LogP contribution in [0.3, 0.4) is 0 Å². The van der Waals surface area contributed by atoms with Crippen molar-refractivity contribution in [1.29, 1.82) is 0 Å². The van der Waals surface area contributed by atoms with Gasteiger partial charge in [0.05, 0.1) is 17.5 Å². The van der Waals surface area contributed by atoms with Crippen molar-refractivity contribution in [2.45, 2.75) is 22.9 Å². The standard InChI is InChI=1S/C23H26FN3O9S2/c1-26(2)22(31)36-27(38(34,35)19-11-7-6-10-17(19)24)23(21(29)30,14-16-8-4-3-5-9-16)20(28)18-15-37(32,33)13-12-25-18/h3-11,18,25H,12-15H2,1-2H3,(H,29,30)/t18?,23-/m1/s1. The Balaban J connectivity index is 2.34. The van der Waals surface area contributed by atoms with Crippen LogP contribution in [-0.4, -0.2) is 92.9 Å². The third kappa shape index (κ3) is 5.85. The molecule has 2 N–H and O–H groups in total. The molecule has 0 radical (unpaired) electrons. The number of sulfone groups is 1. The molecule has 38 heavy (non-hydrogen) atoms. The van der Waals surface area contributed by atoms with E-state index >= 15 is 0 Å². The fraction of sp³-hybridized carbons (Fsp3) is 0.348. The molecule has 1 fully saturated rings. The molecule has 3 rings (SSSR count). The summed E-state index contributed by atoms with van der Waals surface area (Å²) in [4.78, 5) is 44.4. The Morgan fingerprint density at radius 2 is 1.71 bits per heavy atom. The van der Waals surface area contributed by atoms with Crippen LogP contribution in [0.1, 0.15) is 5.56 Å². The van der Waals surface area contributed by atoms with Gasteiger partial charge in [-0.1, -0.05) is 42.5 Å². The molecule has 2 aromatic rings. The normalized spacial score (nSPS) is 18.8. The Morgan fingerprint density at radius 3 is 2.26 bits per heavy atom. The van der Waals surface area contributed by atoms with E-state index in [9.17, 15) is 40.7 Å². The third-order valence-electron chi connectivity index (χ3n) is 5.78. The lowest BCUT2D eigenvalue weighted by molar-refractivity contribution is -0.175. The minimum atomic E-state index is -5.39. The van der Waals surface area contributed by atoms with Crippen molar-refractivity contribution in [2.75, 3.05) is 32.1 Å². The quantitative estimate of drug-likeness (QED) is 0.319. The number of nitrogens with zero attached hydrogens (tertiary/aromatic N) is 2. The van der Waals surface area contributed by atoms with Crippen LogP contribution >= 0.6 is 0 Å². The SMILES string of the molecule is CN(C)C(=O)ON([C@@](Cc1ccccc1)(C(=O)O)C(=O)C1CS(=O)(=O)CCN1)S(=O)(=O)c1ccccc1F. The molecule has 206 valence electrons. The molecule has 0 saturated carbocycles. The molecule has 0 aromatic heterocycles. The van der Waals surface area contributed by atoms with E-state index in [1.807, 2.05) is 0 Å². The summed E-state index contributed by atoms with van der Waals surface area (Å²) in [5, 5.41) is 13.1. The number of hydroxylamine groups is 1. The van der Waals surface area contributed by atoms with Crippen molar-refractivity contribution in [1.82, 2.24) is 14.7 Å². The first kappa shape index (κ1) is 29.2. The van der Waals surface area contributed by atoms with E-state index in [-0.39, 0.29) is 22.3 Å². The average molecular weight is 572 g/mol. The Hall–Kier alpha value is -3.40. The number of Topliss-reactive ketones (excluding diaryl/α,β-unsaturated/α-hetero) is 1. The maximum Gasteiger partial charge on any atom is 0.429 e. The van der Waals surface area contributed by atoms with Gasteiger partial charge in [-0.3, -0.25) is 4.79 Å². The molecule has 12 nitrogen and oxygen atoms in total. The van der Waals surface area contributed by atoms with Gasteiger partial charge in [0, 0.05) is 31.5 Å². The van der Waals surface area contributed by atoms with Crippen LogP contribution in [0.5, 0.6) is 0 Å². The van der Waals surface area contributed by atoms with Crippen LogP contribution in [0.2, 0.25) is 0 Å². The van der Waals surface area contributed by atoms with Crippen molar-refractivity contribution >= 4 is 37.7 Å². The highest BCUT2D eigenvalue weighted by Crippen LogP contribution is 2.33. The molecule has 1 saturated heterocycles. The van der Waals surface area contributed by atoms with Gasteiger partial charge in [-0.2, -0.15) is 0 Å². The Bertz CT molecular complexity index is 1430. The van der Waals surface area contributed by atoms with E-state index in [0.29, 0.717) is 0 Å². The number of carbonyl (C=O) groups is 3. The van der Waals surface area contributed by atoms with Gasteiger partial charge in [0.25, 0.3) is 10.0 Å². The van der Waals surface area contributed by atoms with Crippen LogP contribution in [0.15, 0.2) is 59.5 Å². The number of sulfonamides is 1. The average Bonchev–Trinajstić information content (AvgIpc) is 2.85. The second-order valence-electron chi connectivity index (χ2n) is 8.73. The summed E-state index contributed by atoms with van der Waals surface area (Å²) in [6.07, 6.45) is -2.27. The molecular formula is C23H26FN3O9S2. The van der Waals surface area contributed by atoms with Crippen LogP contribution in [-0.2, 0) is 40.7 Å². The fourth-order valence-corrected chi connectivity index (χ4v) is 6.78. The maximum absolute atomic E-state index is 14.7. The first-order valence-corrected chi connectivity index (χ1v) is 14.4. The number of rotatable bonds is 9. The number of halogens is 1. The second-order valence-corrected chi connectivity index (χ2v) is 12.7. The lowest BCUT2D eigenvalue weighted by Crippen LogP contribution is -2.69. The van der Waals surface area contributed by atoms with Crippen molar-refractivity contribution in [3.05, 3.63) is 66.0 Å². The second kappa shape index (κ2) is 11.1. The summed E-state index contributed by atoms with van der Waals surface area (Å²) in [5.74, 6) is -5.94. The number of amides is 1. The highest BCUT2D eigenvalue weighted by molar-refractivity contribution is 7.91. The minimum Gasteiger partial charge on any atom is -0.479 e. The van der Waals surface area contributed by atoms with E-state index in [1.165, 1.54) is 44.4 Å². The number of hydrogen-bond acceptors (Lipinski definition) is 9. The number of carboxylic acid groups (broad SMARTS) is 1. The summed E-state index contributed by atoms with van der Waals surface area (Å²) < 4.78 is 66.6. The summed E-state index contributed by atoms with van der Waals surface area (Å²) in [5.41, 5.74) is -3.10. The molecule has 1 aliphatic rings. The van der Waals surface area contributed by atoms with Crippen molar-refractivity contribution in [3.8, 4) is 0 Å². The predicted molar refractivity (Wildman–Crippen MR) is 132 cm³/mol. The number of carbonyl (C=O) groups excluding carboxylic acids is 2. The highest BCUT2D eigenvalue weighted by Gasteiger charge is 2.61. The molecule has 1 amide bonds. The van der Waals surface area contributed by atoms with Crippen molar-refractivity contribution in [2.24, 2.45) is 0 Å². The smallest absolute Gasteiger partial charge is 0.429 e. The number of carboxylic acids is 1. The zero-order chi connectivity index (χ0) is 28.3. The first-order chi connectivity index (χ1) is 17.7. The topological polar surface area (TPSA) is 167 Å². The van der Waals surface area contributed by atoms with Gasteiger partial charge in [0.1, 0.15) is 10.7 Å². The van der Waals surface area contributed by atoms with Gasteiger partial charge in [-0.25, -0.2) is 30.8 Å². The molecule has 0 bridgehead atoms. The summed E-state index contributed by atoms with van der Waals surface area (Å²) >= 11 is 0. The maximum atomic E-state index is 14.7. The molecule has 1 heterocycles. The fourth-order valence-electron chi connectivity index (χ4n) is 3.86. The molecule has 1 unspecified atom stereocenters. The van der Waals surface area contributed by atoms with Gasteiger partial charge < -0.3 is 20.2 Å². The third-order valence-corrected chi connectivity index (χ3v) is 9.15. The van der Waals surface area contributed by atoms with Crippen LogP contribution in [0, 0.1) is 5.82 Å². The molecule has 1 aliphatic heterocycles. The van der Waals surface area contributed by atoms with Crippen molar-refractivity contribution < 1.29 is 45.6 Å². The molecule has 2 aromatic carbocycles. The summed E-state index contributed by atoms with van der Waals surface area (Å²) in [6.45, 7) is -0.211. The number of hydrogen-bond donors (Lipinski definition) is 2. The predicted octanol–water partition coefficient (Wildman–Crippen LogP) is 0.451. The minimum absolute atomic E-state index is 0.136. The van der Waals surface area contributed by atoms with Gasteiger partial charge >= 0.3 is 12.1 Å². The summed E-state index contributed by atoms with van der Waals surface area (Å²) in [6, 6.07) is 9.64. The number of benzene rings is 2. The Labute approximate surface area is 218 Å². The van der Waals surface area contributed by atoms with E-state index in [2.05, 4.69) is 5.32 Å². The number of ketones is 1. The zero-order valence-electron chi connectivity index (χ0n) is 20.4. The zero-order valence-corrected chi connectivity index (χ0v) is 22.0. The molecule has 15 heteroatoms. The lowest BCUT2D eigenvalue weighted by Gasteiger charge is -2.39. The lowest BCUT2D eigenvalue weighted by atomic mass is 9.84. The number of nitrogens with one attached hydrogen (secondary N) is 1. The first-order valence-electron chi connectivity index (χ1n) is 11.2. The monoisotopic (exact) mass is 571 g/mol. The Kier molecular flexibility index (Phi) is 8.55. The highest BCUT2D eigenvalue weighted by atomic mass is 32.2.